The van der Waals surface area contributed by atoms with Crippen molar-refractivity contribution in [2.75, 3.05) is 13.7 Å². The van der Waals surface area contributed by atoms with Crippen LogP contribution in [-0.4, -0.2) is 20.0 Å². The molecule has 3 nitrogen and oxygen atoms in total. The maximum absolute atomic E-state index is 12.4. The first-order valence-corrected chi connectivity index (χ1v) is 9.61. The van der Waals surface area contributed by atoms with Gasteiger partial charge >= 0.3 is 6.36 Å². The minimum Gasteiger partial charge on any atom is -0.497 e. The molecule has 0 fully saturated rings. The van der Waals surface area contributed by atoms with Crippen LogP contribution in [0.15, 0.2) is 54.6 Å². The standard InChI is InChI=1S/C21H18F3NO2S/c1-26-15-6-2-13(3-7-15)19-12-17-18(28-19)10-11-25-20(17)14-4-8-16(9-5-14)27-21(22,23)24/h2-9,12,20,25H,10-11H2,1H3. The third-order valence-electron chi connectivity index (χ3n) is 4.67. The fraction of sp³-hybridized carbons (Fsp3) is 0.238. The fourth-order valence-electron chi connectivity index (χ4n) is 3.38. The van der Waals surface area contributed by atoms with E-state index in [9.17, 15) is 13.2 Å². The van der Waals surface area contributed by atoms with E-state index in [0.717, 1.165) is 29.8 Å². The highest BCUT2D eigenvalue weighted by atomic mass is 32.1. The smallest absolute Gasteiger partial charge is 0.497 e. The van der Waals surface area contributed by atoms with Crippen LogP contribution in [0, 0.1) is 0 Å². The summed E-state index contributed by atoms with van der Waals surface area (Å²) >= 11 is 1.76. The van der Waals surface area contributed by atoms with Crippen molar-refractivity contribution in [2.24, 2.45) is 0 Å². The predicted octanol–water partition coefficient (Wildman–Crippen LogP) is 5.56. The molecule has 146 valence electrons. The number of hydrogen-bond donors (Lipinski definition) is 1. The molecule has 0 amide bonds. The Morgan fingerprint density at radius 3 is 2.32 bits per heavy atom. The average Bonchev–Trinajstić information content (AvgIpc) is 3.12. The summed E-state index contributed by atoms with van der Waals surface area (Å²) in [7, 11) is 1.64. The molecule has 1 atom stereocenters. The van der Waals surface area contributed by atoms with Gasteiger partial charge in [-0.05, 0) is 65.6 Å². The van der Waals surface area contributed by atoms with E-state index >= 15 is 0 Å². The topological polar surface area (TPSA) is 30.5 Å². The summed E-state index contributed by atoms with van der Waals surface area (Å²) in [5, 5.41) is 3.47. The molecule has 4 rings (SSSR count). The van der Waals surface area contributed by atoms with Crippen LogP contribution >= 0.6 is 11.3 Å². The Morgan fingerprint density at radius 2 is 1.68 bits per heavy atom. The predicted molar refractivity (Wildman–Crippen MR) is 103 cm³/mol. The number of hydrogen-bond acceptors (Lipinski definition) is 4. The zero-order valence-corrected chi connectivity index (χ0v) is 15.9. The lowest BCUT2D eigenvalue weighted by Gasteiger charge is -2.24. The van der Waals surface area contributed by atoms with Crippen molar-refractivity contribution < 1.29 is 22.6 Å². The van der Waals surface area contributed by atoms with Crippen LogP contribution in [-0.2, 0) is 6.42 Å². The van der Waals surface area contributed by atoms with Crippen molar-refractivity contribution in [1.82, 2.24) is 5.32 Å². The van der Waals surface area contributed by atoms with Gasteiger partial charge in [0.15, 0.2) is 0 Å². The third-order valence-corrected chi connectivity index (χ3v) is 5.93. The van der Waals surface area contributed by atoms with Crippen LogP contribution in [0.3, 0.4) is 0 Å². The van der Waals surface area contributed by atoms with Crippen LogP contribution in [0.25, 0.3) is 10.4 Å². The normalized spacial score (nSPS) is 16.5. The van der Waals surface area contributed by atoms with Gasteiger partial charge in [-0.1, -0.05) is 12.1 Å². The lowest BCUT2D eigenvalue weighted by Crippen LogP contribution is -2.29. The third kappa shape index (κ3) is 4.00. The molecule has 0 saturated carbocycles. The number of thiophene rings is 1. The van der Waals surface area contributed by atoms with Gasteiger partial charge in [-0.15, -0.1) is 24.5 Å². The van der Waals surface area contributed by atoms with E-state index in [2.05, 4.69) is 16.1 Å². The first-order valence-electron chi connectivity index (χ1n) is 8.79. The van der Waals surface area contributed by atoms with E-state index in [0.29, 0.717) is 0 Å². The van der Waals surface area contributed by atoms with E-state index in [4.69, 9.17) is 4.74 Å². The quantitative estimate of drug-likeness (QED) is 0.617. The number of alkyl halides is 3. The largest absolute Gasteiger partial charge is 0.573 e. The number of halogens is 3. The molecule has 1 unspecified atom stereocenters. The van der Waals surface area contributed by atoms with E-state index in [-0.39, 0.29) is 11.8 Å². The Bertz CT molecular complexity index is 949. The molecule has 1 N–H and O–H groups in total. The van der Waals surface area contributed by atoms with Gasteiger partial charge in [0, 0.05) is 16.3 Å². The van der Waals surface area contributed by atoms with E-state index in [1.54, 1.807) is 30.6 Å². The Kier molecular flexibility index (Phi) is 5.03. The van der Waals surface area contributed by atoms with E-state index in [1.807, 2.05) is 24.3 Å². The van der Waals surface area contributed by atoms with Gasteiger partial charge in [0.1, 0.15) is 11.5 Å². The molecule has 1 aliphatic rings. The van der Waals surface area contributed by atoms with Crippen LogP contribution in [0.1, 0.15) is 22.0 Å². The number of fused-ring (bicyclic) bond motifs is 1. The van der Waals surface area contributed by atoms with Crippen molar-refractivity contribution in [1.29, 1.82) is 0 Å². The fourth-order valence-corrected chi connectivity index (χ4v) is 4.58. The Hall–Kier alpha value is -2.51. The monoisotopic (exact) mass is 405 g/mol. The number of ether oxygens (including phenoxy) is 2. The van der Waals surface area contributed by atoms with Crippen molar-refractivity contribution >= 4 is 11.3 Å². The highest BCUT2D eigenvalue weighted by molar-refractivity contribution is 7.15. The number of nitrogens with one attached hydrogen (secondary N) is 1. The van der Waals surface area contributed by atoms with Crippen molar-refractivity contribution in [3.8, 4) is 21.9 Å². The SMILES string of the molecule is COc1ccc(-c2cc3c(s2)CCNC3c2ccc(OC(F)(F)F)cc2)cc1. The molecule has 0 aliphatic carbocycles. The number of benzene rings is 2. The summed E-state index contributed by atoms with van der Waals surface area (Å²) < 4.78 is 46.3. The highest BCUT2D eigenvalue weighted by Crippen LogP contribution is 2.39. The van der Waals surface area contributed by atoms with Gasteiger partial charge in [0.2, 0.25) is 0 Å². The van der Waals surface area contributed by atoms with Gasteiger partial charge in [-0.3, -0.25) is 0 Å². The molecule has 28 heavy (non-hydrogen) atoms. The summed E-state index contributed by atoms with van der Waals surface area (Å²) in [4.78, 5) is 2.46. The highest BCUT2D eigenvalue weighted by Gasteiger charge is 2.31. The molecule has 1 aromatic heterocycles. The molecule has 2 aromatic carbocycles. The molecular formula is C21H18F3NO2S. The first kappa shape index (κ1) is 18.8. The zero-order valence-electron chi connectivity index (χ0n) is 15.0. The van der Waals surface area contributed by atoms with Crippen LogP contribution in [0.2, 0.25) is 0 Å². The number of rotatable bonds is 4. The Balaban J connectivity index is 1.61. The van der Waals surface area contributed by atoms with Crippen molar-refractivity contribution in [3.63, 3.8) is 0 Å². The second-order valence-electron chi connectivity index (χ2n) is 6.47. The van der Waals surface area contributed by atoms with Gasteiger partial charge in [0.05, 0.1) is 13.2 Å². The molecule has 7 heteroatoms. The van der Waals surface area contributed by atoms with Gasteiger partial charge in [-0.25, -0.2) is 0 Å². The minimum atomic E-state index is -4.68. The van der Waals surface area contributed by atoms with E-state index < -0.39 is 6.36 Å². The molecule has 1 aliphatic heterocycles. The minimum absolute atomic E-state index is 0.0491. The van der Waals surface area contributed by atoms with Crippen LogP contribution in [0.5, 0.6) is 11.5 Å². The van der Waals surface area contributed by atoms with Crippen LogP contribution < -0.4 is 14.8 Å². The summed E-state index contributed by atoms with van der Waals surface area (Å²) in [6.07, 6.45) is -3.75. The van der Waals surface area contributed by atoms with Gasteiger partial charge in [0.25, 0.3) is 0 Å². The Morgan fingerprint density at radius 1 is 1.00 bits per heavy atom. The molecular weight excluding hydrogens is 387 g/mol. The number of methoxy groups -OCH3 is 1. The molecule has 0 spiro atoms. The summed E-state index contributed by atoms with van der Waals surface area (Å²) in [5.41, 5.74) is 3.20. The van der Waals surface area contributed by atoms with Gasteiger partial charge < -0.3 is 14.8 Å². The average molecular weight is 405 g/mol. The summed E-state index contributed by atoms with van der Waals surface area (Å²) in [6, 6.07) is 16.1. The molecule has 0 radical (unpaired) electrons. The lowest BCUT2D eigenvalue weighted by atomic mass is 9.94. The van der Waals surface area contributed by atoms with Crippen molar-refractivity contribution in [3.05, 3.63) is 70.6 Å². The van der Waals surface area contributed by atoms with Gasteiger partial charge in [-0.2, -0.15) is 0 Å². The lowest BCUT2D eigenvalue weighted by molar-refractivity contribution is -0.274. The Labute approximate surface area is 164 Å². The second-order valence-corrected chi connectivity index (χ2v) is 7.61. The van der Waals surface area contributed by atoms with E-state index in [1.165, 1.54) is 27.5 Å². The molecule has 0 bridgehead atoms. The zero-order chi connectivity index (χ0) is 19.7. The second kappa shape index (κ2) is 7.48. The summed E-state index contributed by atoms with van der Waals surface area (Å²) in [5.74, 6) is 0.599. The van der Waals surface area contributed by atoms with Crippen molar-refractivity contribution in [2.45, 2.75) is 18.8 Å². The maximum Gasteiger partial charge on any atom is 0.573 e. The molecule has 3 aromatic rings. The van der Waals surface area contributed by atoms with Crippen LogP contribution in [0.4, 0.5) is 13.2 Å². The first-order chi connectivity index (χ1) is 13.4. The maximum atomic E-state index is 12.4. The molecule has 2 heterocycles. The summed E-state index contributed by atoms with van der Waals surface area (Å²) in [6.45, 7) is 0.820. The molecule has 0 saturated heterocycles.